The molecule has 5 rings (SSSR count). The number of amides is 2. The van der Waals surface area contributed by atoms with Crippen LogP contribution in [0.3, 0.4) is 0 Å². The molecule has 1 N–H and O–H groups in total. The van der Waals surface area contributed by atoms with Gasteiger partial charge >= 0.3 is 5.91 Å². The smallest absolute Gasteiger partial charge is 0.301 e. The van der Waals surface area contributed by atoms with Crippen molar-refractivity contribution in [1.82, 2.24) is 24.3 Å². The Bertz CT molecular complexity index is 1390. The first-order valence-corrected chi connectivity index (χ1v) is 11.9. The predicted octanol–water partition coefficient (Wildman–Crippen LogP) is 2.72. The number of rotatable bonds is 7. The maximum Gasteiger partial charge on any atom is 0.301 e. The van der Waals surface area contributed by atoms with Gasteiger partial charge < -0.3 is 9.64 Å². The first-order valence-electron chi connectivity index (χ1n) is 11.0. The Hall–Kier alpha value is -4.12. The van der Waals surface area contributed by atoms with Gasteiger partial charge in [-0.05, 0) is 24.3 Å². The van der Waals surface area contributed by atoms with Crippen molar-refractivity contribution in [3.8, 4) is 5.88 Å². The topological polar surface area (TPSA) is 119 Å². The summed E-state index contributed by atoms with van der Waals surface area (Å²) in [7, 11) is 1.43. The van der Waals surface area contributed by atoms with Gasteiger partial charge in [0.1, 0.15) is 5.56 Å². The van der Waals surface area contributed by atoms with Crippen LogP contribution in [0.5, 0.6) is 5.88 Å². The maximum absolute atomic E-state index is 13.4. The molecule has 3 aromatic heterocycles. The molecule has 0 radical (unpaired) electrons. The molecule has 0 bridgehead atoms. The summed E-state index contributed by atoms with van der Waals surface area (Å²) in [4.78, 5) is 52.8. The largest absolute Gasteiger partial charge is 0.480 e. The van der Waals surface area contributed by atoms with Crippen molar-refractivity contribution in [1.29, 1.82) is 0 Å². The van der Waals surface area contributed by atoms with E-state index in [4.69, 9.17) is 4.74 Å². The fourth-order valence-corrected chi connectivity index (χ4v) is 4.75. The highest BCUT2D eigenvalue weighted by Gasteiger charge is 2.31. The Morgan fingerprint density at radius 2 is 2.03 bits per heavy atom. The number of methoxy groups -OCH3 is 1. The van der Waals surface area contributed by atoms with Crippen molar-refractivity contribution in [2.75, 3.05) is 25.5 Å². The number of imidazole rings is 1. The summed E-state index contributed by atoms with van der Waals surface area (Å²) < 4.78 is 6.72. The second-order valence-corrected chi connectivity index (χ2v) is 9.08. The van der Waals surface area contributed by atoms with E-state index in [1.807, 2.05) is 18.2 Å². The highest BCUT2D eigenvalue weighted by Crippen LogP contribution is 2.26. The molecule has 10 nitrogen and oxygen atoms in total. The Labute approximate surface area is 204 Å². The van der Waals surface area contributed by atoms with E-state index in [-0.39, 0.29) is 28.8 Å². The normalized spacial score (nSPS) is 15.3. The number of ether oxygens (including phenoxy) is 1. The summed E-state index contributed by atoms with van der Waals surface area (Å²) in [5.74, 6) is -1.65. The molecule has 1 fully saturated rings. The van der Waals surface area contributed by atoms with Crippen molar-refractivity contribution in [3.63, 3.8) is 0 Å². The first kappa shape index (κ1) is 22.7. The lowest BCUT2D eigenvalue weighted by Crippen LogP contribution is -2.30. The highest BCUT2D eigenvalue weighted by atomic mass is 32.1. The van der Waals surface area contributed by atoms with E-state index in [1.54, 1.807) is 10.3 Å². The number of benzene rings is 1. The summed E-state index contributed by atoms with van der Waals surface area (Å²) in [6.45, 7) is 1.23. The number of nitrogens with one attached hydrogen (secondary N) is 1. The van der Waals surface area contributed by atoms with Crippen molar-refractivity contribution >= 4 is 39.7 Å². The molecule has 35 heavy (non-hydrogen) atoms. The van der Waals surface area contributed by atoms with Gasteiger partial charge in [-0.1, -0.05) is 30.3 Å². The number of carbonyl (C=O) groups is 3. The average molecular weight is 491 g/mol. The van der Waals surface area contributed by atoms with Crippen LogP contribution in [0.4, 0.5) is 5.13 Å². The molecule has 0 spiro atoms. The zero-order chi connectivity index (χ0) is 24.4. The van der Waals surface area contributed by atoms with Crippen LogP contribution in [0.15, 0.2) is 54.3 Å². The number of hydrogen-bond acceptors (Lipinski definition) is 8. The van der Waals surface area contributed by atoms with Crippen molar-refractivity contribution < 1.29 is 19.1 Å². The predicted molar refractivity (Wildman–Crippen MR) is 129 cm³/mol. The van der Waals surface area contributed by atoms with E-state index in [9.17, 15) is 14.4 Å². The van der Waals surface area contributed by atoms with Gasteiger partial charge in [0.2, 0.25) is 5.88 Å². The minimum Gasteiger partial charge on any atom is -0.480 e. The number of aromatic nitrogens is 4. The number of thiazole rings is 1. The molecule has 1 unspecified atom stereocenters. The number of nitrogens with zero attached hydrogens (tertiary/aromatic N) is 5. The van der Waals surface area contributed by atoms with E-state index in [1.165, 1.54) is 47.0 Å². The lowest BCUT2D eigenvalue weighted by Gasteiger charge is -2.18. The molecule has 4 heterocycles. The second-order valence-electron chi connectivity index (χ2n) is 8.19. The zero-order valence-electron chi connectivity index (χ0n) is 18.9. The zero-order valence-corrected chi connectivity index (χ0v) is 19.7. The molecule has 0 saturated carbocycles. The van der Waals surface area contributed by atoms with Gasteiger partial charge in [-0.3, -0.25) is 24.1 Å². The first-order chi connectivity index (χ1) is 17.0. The third-order valence-electron chi connectivity index (χ3n) is 5.91. The Morgan fingerprint density at radius 3 is 2.77 bits per heavy atom. The lowest BCUT2D eigenvalue weighted by molar-refractivity contribution is -0.112. The van der Waals surface area contributed by atoms with Crippen molar-refractivity contribution in [2.24, 2.45) is 5.92 Å². The quantitative estimate of drug-likeness (QED) is 0.313. The van der Waals surface area contributed by atoms with Gasteiger partial charge in [0, 0.05) is 30.9 Å². The van der Waals surface area contributed by atoms with Crippen LogP contribution < -0.4 is 10.1 Å². The summed E-state index contributed by atoms with van der Waals surface area (Å²) in [5.41, 5.74) is 1.73. The van der Waals surface area contributed by atoms with E-state index in [0.717, 1.165) is 12.8 Å². The van der Waals surface area contributed by atoms with Crippen LogP contribution in [-0.2, 0) is 11.2 Å². The molecule has 1 saturated heterocycles. The van der Waals surface area contributed by atoms with Crippen molar-refractivity contribution in [3.05, 3.63) is 71.3 Å². The van der Waals surface area contributed by atoms with E-state index < -0.39 is 11.7 Å². The second kappa shape index (κ2) is 9.63. The number of Topliss-reactive ketones (excluding diaryl/α,β-unsaturated/α-hetero) is 1. The molecule has 178 valence electrons. The Morgan fingerprint density at radius 1 is 1.20 bits per heavy atom. The Kier molecular flexibility index (Phi) is 6.23. The van der Waals surface area contributed by atoms with E-state index in [0.29, 0.717) is 24.1 Å². The maximum atomic E-state index is 13.4. The van der Waals surface area contributed by atoms with Crippen LogP contribution in [-0.4, -0.2) is 62.0 Å². The third kappa shape index (κ3) is 4.62. The van der Waals surface area contributed by atoms with Crippen LogP contribution in [0.2, 0.25) is 0 Å². The average Bonchev–Trinajstić information content (AvgIpc) is 3.64. The van der Waals surface area contributed by atoms with Crippen molar-refractivity contribution in [2.45, 2.75) is 12.8 Å². The molecule has 11 heteroatoms. The summed E-state index contributed by atoms with van der Waals surface area (Å²) >= 11 is 1.19. The fraction of sp³-hybridized carbons (Fsp3) is 0.250. The molecule has 1 aliphatic rings. The molecule has 0 aliphatic carbocycles. The third-order valence-corrected chi connectivity index (χ3v) is 6.60. The number of anilines is 1. The van der Waals surface area contributed by atoms with Gasteiger partial charge in [-0.2, -0.15) is 4.98 Å². The molecule has 1 aliphatic heterocycles. The summed E-state index contributed by atoms with van der Waals surface area (Å²) in [5, 5.41) is 4.44. The van der Waals surface area contributed by atoms with Crippen LogP contribution in [0, 0.1) is 5.92 Å². The van der Waals surface area contributed by atoms with E-state index in [2.05, 4.69) is 32.4 Å². The van der Waals surface area contributed by atoms with E-state index >= 15 is 0 Å². The van der Waals surface area contributed by atoms with Gasteiger partial charge in [0.05, 0.1) is 13.3 Å². The molecule has 4 aromatic rings. The summed E-state index contributed by atoms with van der Waals surface area (Å²) in [6.07, 6.45) is 6.13. The molecule has 1 atom stereocenters. The minimum absolute atomic E-state index is 0.139. The van der Waals surface area contributed by atoms with Crippen LogP contribution >= 0.6 is 11.3 Å². The minimum atomic E-state index is -0.876. The van der Waals surface area contributed by atoms with Gasteiger partial charge in [-0.25, -0.2) is 9.97 Å². The van der Waals surface area contributed by atoms with Gasteiger partial charge in [0.15, 0.2) is 16.6 Å². The molecular weight excluding hydrogens is 468 g/mol. The SMILES string of the molecule is COc1nc2cnc(C(=O)C(=O)Nc3nccs3)n2cc1C(=O)N1CCC(Cc2ccccc2)C1. The fourth-order valence-electron chi connectivity index (χ4n) is 4.22. The van der Waals surface area contributed by atoms with Crippen LogP contribution in [0.25, 0.3) is 5.65 Å². The molecular formula is C24H22N6O4S. The standard InChI is InChI=1S/C24H22N6O4S/c1-34-22-17(23(33)29-9-7-16(13-29)11-15-5-3-2-4-6-15)14-30-18(27-22)12-26-20(30)19(31)21(32)28-24-25-8-10-35-24/h2-6,8,10,12,14,16H,7,9,11,13H2,1H3,(H,25,28,32). The van der Waals surface area contributed by atoms with Gasteiger partial charge in [0.25, 0.3) is 11.7 Å². The van der Waals surface area contributed by atoms with Crippen LogP contribution in [0.1, 0.15) is 33.0 Å². The number of hydrogen-bond donors (Lipinski definition) is 1. The highest BCUT2D eigenvalue weighted by molar-refractivity contribution is 7.13. The summed E-state index contributed by atoms with van der Waals surface area (Å²) in [6, 6.07) is 10.2. The Balaban J connectivity index is 1.38. The lowest BCUT2D eigenvalue weighted by atomic mass is 9.99. The number of carbonyl (C=O) groups excluding carboxylic acids is 3. The molecule has 2 amide bonds. The monoisotopic (exact) mass is 490 g/mol. The van der Waals surface area contributed by atoms with Gasteiger partial charge in [-0.15, -0.1) is 11.3 Å². The number of likely N-dealkylation sites (tertiary alicyclic amines) is 1. The molecule has 1 aromatic carbocycles. The number of ketones is 1. The number of fused-ring (bicyclic) bond motifs is 1.